The quantitative estimate of drug-likeness (QED) is 0.342. The highest BCUT2D eigenvalue weighted by Gasteiger charge is 2.37. The number of aromatic carboxylic acids is 1. The van der Waals surface area contributed by atoms with E-state index in [2.05, 4.69) is 4.98 Å². The third kappa shape index (κ3) is 4.90. The monoisotopic (exact) mass is 459 g/mol. The van der Waals surface area contributed by atoms with Crippen molar-refractivity contribution in [1.29, 1.82) is 0 Å². The number of benzene rings is 2. The highest BCUT2D eigenvalue weighted by Crippen LogP contribution is 2.36. The number of aromatic amines is 1. The number of fused-ring (bicyclic) bond motifs is 1. The molecule has 1 heterocycles. The maximum absolute atomic E-state index is 12.9. The van der Waals surface area contributed by atoms with E-state index >= 15 is 0 Å². The Kier molecular flexibility index (Phi) is 5.73. The predicted octanol–water partition coefficient (Wildman–Crippen LogP) is 4.41. The van der Waals surface area contributed by atoms with Crippen LogP contribution in [0.2, 0.25) is 0 Å². The molecule has 0 amide bonds. The van der Waals surface area contributed by atoms with Gasteiger partial charge >= 0.3 is 24.3 Å². The molecular formula is C20H11F6NO5. The summed E-state index contributed by atoms with van der Waals surface area (Å²) >= 11 is 0. The number of pyridine rings is 1. The number of hydrogen-bond acceptors (Lipinski definition) is 4. The van der Waals surface area contributed by atoms with Crippen LogP contribution in [0, 0.1) is 0 Å². The molecular weight excluding hydrogens is 448 g/mol. The molecule has 12 heteroatoms. The first-order chi connectivity index (χ1) is 14.8. The number of H-pyrrole nitrogens is 1. The highest BCUT2D eigenvalue weighted by molar-refractivity contribution is 5.92. The van der Waals surface area contributed by atoms with Gasteiger partial charge in [-0.25, -0.2) is 4.79 Å². The fourth-order valence-electron chi connectivity index (χ4n) is 2.88. The second-order valence-electron chi connectivity index (χ2n) is 6.61. The molecule has 168 valence electrons. The first-order valence-corrected chi connectivity index (χ1v) is 8.63. The van der Waals surface area contributed by atoms with E-state index in [0.29, 0.717) is 12.1 Å². The molecule has 2 aromatic carbocycles. The minimum Gasteiger partial charge on any atom is -0.477 e. The molecule has 3 rings (SSSR count). The van der Waals surface area contributed by atoms with Crippen molar-refractivity contribution >= 4 is 22.8 Å². The van der Waals surface area contributed by atoms with E-state index in [9.17, 15) is 40.7 Å². The van der Waals surface area contributed by atoms with Gasteiger partial charge in [0, 0.05) is 11.7 Å². The Labute approximate surface area is 174 Å². The van der Waals surface area contributed by atoms with Crippen molar-refractivity contribution in [2.75, 3.05) is 0 Å². The Morgan fingerprint density at radius 1 is 0.938 bits per heavy atom. The molecule has 0 atom stereocenters. The van der Waals surface area contributed by atoms with Gasteiger partial charge in [-0.2, -0.15) is 26.3 Å². The third-order valence-electron chi connectivity index (χ3n) is 4.31. The molecule has 1 aromatic heterocycles. The number of carbonyl (C=O) groups is 2. The molecule has 6 nitrogen and oxygen atoms in total. The van der Waals surface area contributed by atoms with Gasteiger partial charge in [-0.1, -0.05) is 0 Å². The van der Waals surface area contributed by atoms with Gasteiger partial charge in [-0.3, -0.25) is 9.59 Å². The van der Waals surface area contributed by atoms with Crippen LogP contribution < -0.4 is 10.2 Å². The van der Waals surface area contributed by atoms with Crippen LogP contribution in [-0.2, 0) is 23.6 Å². The van der Waals surface area contributed by atoms with Crippen molar-refractivity contribution in [2.45, 2.75) is 18.8 Å². The summed E-state index contributed by atoms with van der Waals surface area (Å²) in [5, 5.41) is 8.85. The second kappa shape index (κ2) is 8.02. The van der Waals surface area contributed by atoms with Crippen LogP contribution in [0.4, 0.5) is 26.3 Å². The van der Waals surface area contributed by atoms with E-state index in [4.69, 9.17) is 9.84 Å². The number of carboxylic acids is 1. The Balaban J connectivity index is 1.90. The Hall–Kier alpha value is -3.83. The Morgan fingerprint density at radius 3 is 2.06 bits per heavy atom. The van der Waals surface area contributed by atoms with Crippen LogP contribution in [-0.4, -0.2) is 22.0 Å². The molecule has 2 N–H and O–H groups in total. The lowest BCUT2D eigenvalue weighted by Gasteiger charge is -2.14. The number of hydrogen-bond donors (Lipinski definition) is 2. The molecule has 0 spiro atoms. The van der Waals surface area contributed by atoms with Crippen molar-refractivity contribution in [3.8, 4) is 5.75 Å². The molecule has 0 aliphatic heterocycles. The van der Waals surface area contributed by atoms with E-state index in [0.717, 1.165) is 12.3 Å². The van der Waals surface area contributed by atoms with Gasteiger partial charge in [0.25, 0.3) is 0 Å². The van der Waals surface area contributed by atoms with Crippen LogP contribution >= 0.6 is 0 Å². The van der Waals surface area contributed by atoms with Crippen LogP contribution in [0.3, 0.4) is 0 Å². The molecule has 3 aromatic rings. The lowest BCUT2D eigenvalue weighted by Crippen LogP contribution is -2.16. The summed E-state index contributed by atoms with van der Waals surface area (Å²) in [6, 6.07) is 4.28. The maximum Gasteiger partial charge on any atom is 0.416 e. The van der Waals surface area contributed by atoms with Crippen LogP contribution in [0.25, 0.3) is 10.9 Å². The van der Waals surface area contributed by atoms with E-state index in [1.54, 1.807) is 0 Å². The highest BCUT2D eigenvalue weighted by atomic mass is 19.4. The number of carboxylic acid groups (broad SMARTS) is 1. The van der Waals surface area contributed by atoms with Crippen molar-refractivity contribution in [3.05, 3.63) is 75.1 Å². The number of rotatable bonds is 4. The summed E-state index contributed by atoms with van der Waals surface area (Å²) in [4.78, 5) is 38.0. The number of halogens is 6. The lowest BCUT2D eigenvalue weighted by molar-refractivity contribution is -0.143. The molecule has 0 radical (unpaired) electrons. The van der Waals surface area contributed by atoms with Crippen LogP contribution in [0.1, 0.15) is 27.0 Å². The van der Waals surface area contributed by atoms with E-state index < -0.39 is 58.4 Å². The smallest absolute Gasteiger partial charge is 0.416 e. The average molecular weight is 459 g/mol. The van der Waals surface area contributed by atoms with Gasteiger partial charge < -0.3 is 14.8 Å². The van der Waals surface area contributed by atoms with Crippen LogP contribution in [0.5, 0.6) is 5.75 Å². The van der Waals surface area contributed by atoms with E-state index in [-0.39, 0.29) is 22.7 Å². The topological polar surface area (TPSA) is 96.5 Å². The predicted molar refractivity (Wildman–Crippen MR) is 97.3 cm³/mol. The first kappa shape index (κ1) is 22.8. The lowest BCUT2D eigenvalue weighted by atomic mass is 10.0. The van der Waals surface area contributed by atoms with E-state index in [1.165, 1.54) is 12.1 Å². The first-order valence-electron chi connectivity index (χ1n) is 8.63. The van der Waals surface area contributed by atoms with Crippen molar-refractivity contribution in [3.63, 3.8) is 0 Å². The van der Waals surface area contributed by atoms with Gasteiger partial charge in [0.2, 0.25) is 5.43 Å². The summed E-state index contributed by atoms with van der Waals surface area (Å²) in [7, 11) is 0. The van der Waals surface area contributed by atoms with Crippen molar-refractivity contribution < 1.29 is 45.8 Å². The van der Waals surface area contributed by atoms with E-state index in [1.807, 2.05) is 0 Å². The number of nitrogens with one attached hydrogen (secondary N) is 1. The SMILES string of the molecule is O=C(Cc1cc(C(F)(F)F)cc(C(F)(F)F)c1)Oc1ccc2[nH]cc(C(=O)O)c(=O)c2c1. The summed E-state index contributed by atoms with van der Waals surface area (Å²) in [6.07, 6.45) is -10.1. The minimum absolute atomic E-state index is 0.0650. The minimum atomic E-state index is -5.07. The van der Waals surface area contributed by atoms with Crippen LogP contribution in [0.15, 0.2) is 47.4 Å². The summed E-state index contributed by atoms with van der Waals surface area (Å²) in [5.41, 5.74) is -4.97. The third-order valence-corrected chi connectivity index (χ3v) is 4.31. The average Bonchev–Trinajstić information content (AvgIpc) is 2.66. The molecule has 32 heavy (non-hydrogen) atoms. The second-order valence-corrected chi connectivity index (χ2v) is 6.61. The molecule has 0 bridgehead atoms. The Bertz CT molecular complexity index is 1240. The molecule has 0 unspecified atom stereocenters. The van der Waals surface area contributed by atoms with Gasteiger partial charge in [-0.05, 0) is 42.0 Å². The summed E-state index contributed by atoms with van der Waals surface area (Å²) < 4.78 is 82.6. The normalized spacial score (nSPS) is 12.1. The summed E-state index contributed by atoms with van der Waals surface area (Å²) in [5.74, 6) is -2.94. The fraction of sp³-hybridized carbons (Fsp3) is 0.150. The summed E-state index contributed by atoms with van der Waals surface area (Å²) in [6.45, 7) is 0. The molecule has 0 saturated carbocycles. The van der Waals surface area contributed by atoms with Gasteiger partial charge in [0.15, 0.2) is 0 Å². The van der Waals surface area contributed by atoms with Gasteiger partial charge in [0.05, 0.1) is 22.9 Å². The zero-order valence-corrected chi connectivity index (χ0v) is 15.6. The number of ether oxygens (including phenoxy) is 1. The fourth-order valence-corrected chi connectivity index (χ4v) is 2.88. The molecule has 0 fully saturated rings. The standard InChI is InChI=1S/C20H11F6NO5/c21-19(22,23)10-3-9(4-11(6-10)20(24,25)26)5-16(28)32-12-1-2-15-13(7-12)17(29)14(8-27-15)18(30)31/h1-4,6-8H,5H2,(H,27,29)(H,30,31). The number of aromatic nitrogens is 1. The zero-order valence-electron chi connectivity index (χ0n) is 15.6. The zero-order chi connectivity index (χ0) is 23.8. The van der Waals surface area contributed by atoms with Crippen molar-refractivity contribution in [2.24, 2.45) is 0 Å². The Morgan fingerprint density at radius 2 is 1.53 bits per heavy atom. The number of carbonyl (C=O) groups excluding carboxylic acids is 1. The van der Waals surface area contributed by atoms with Crippen molar-refractivity contribution in [1.82, 2.24) is 4.98 Å². The number of esters is 1. The molecule has 0 aliphatic carbocycles. The molecule has 0 saturated heterocycles. The molecule has 0 aliphatic rings. The number of alkyl halides is 6. The largest absolute Gasteiger partial charge is 0.477 e. The van der Waals surface area contributed by atoms with Gasteiger partial charge in [0.1, 0.15) is 11.3 Å². The van der Waals surface area contributed by atoms with Gasteiger partial charge in [-0.15, -0.1) is 0 Å². The maximum atomic E-state index is 12.9.